The van der Waals surface area contributed by atoms with Crippen molar-refractivity contribution >= 4 is 34.3 Å². The molecule has 1 aliphatic rings. The van der Waals surface area contributed by atoms with Crippen LogP contribution in [-0.4, -0.2) is 27.3 Å². The minimum absolute atomic E-state index is 0.0283. The molecule has 0 radical (unpaired) electrons. The third-order valence-corrected chi connectivity index (χ3v) is 7.04. The number of para-hydroxylation sites is 2. The van der Waals surface area contributed by atoms with Gasteiger partial charge in [0.15, 0.2) is 0 Å². The van der Waals surface area contributed by atoms with E-state index in [4.69, 9.17) is 0 Å². The number of carbonyl (C=O) groups is 1. The summed E-state index contributed by atoms with van der Waals surface area (Å²) < 4.78 is 1.59. The number of hydrogen-bond acceptors (Lipinski definition) is 4. The van der Waals surface area contributed by atoms with Crippen molar-refractivity contribution in [2.75, 3.05) is 11.4 Å². The smallest absolute Gasteiger partial charge is 0.265 e. The monoisotopic (exact) mass is 441 g/mol. The Morgan fingerprint density at radius 3 is 2.53 bits per heavy atom. The third-order valence-electron chi connectivity index (χ3n) is 5.80. The summed E-state index contributed by atoms with van der Waals surface area (Å²) in [4.78, 5) is 34.1. The van der Waals surface area contributed by atoms with Crippen molar-refractivity contribution < 1.29 is 4.79 Å². The summed E-state index contributed by atoms with van der Waals surface area (Å²) in [5.74, 6) is 0.583. The zero-order valence-electron chi connectivity index (χ0n) is 18.0. The lowest BCUT2D eigenvalue weighted by molar-refractivity contribution is 0.0986. The fourth-order valence-electron chi connectivity index (χ4n) is 4.15. The van der Waals surface area contributed by atoms with E-state index in [0.717, 1.165) is 17.0 Å². The predicted octanol–water partition coefficient (Wildman–Crippen LogP) is 5.23. The summed E-state index contributed by atoms with van der Waals surface area (Å²) in [5, 5.41) is 1.03. The number of aromatic nitrogens is 2. The van der Waals surface area contributed by atoms with Crippen LogP contribution >= 0.6 is 11.8 Å². The van der Waals surface area contributed by atoms with Crippen molar-refractivity contribution in [3.8, 4) is 5.69 Å². The van der Waals surface area contributed by atoms with Crippen LogP contribution in [0.5, 0.6) is 0 Å². The highest BCUT2D eigenvalue weighted by Gasteiger charge is 2.25. The summed E-state index contributed by atoms with van der Waals surface area (Å²) in [7, 11) is 0. The Morgan fingerprint density at radius 1 is 1.00 bits per heavy atom. The van der Waals surface area contributed by atoms with Crippen molar-refractivity contribution in [2.45, 2.75) is 30.4 Å². The van der Waals surface area contributed by atoms with E-state index in [1.54, 1.807) is 22.8 Å². The largest absolute Gasteiger partial charge is 0.307 e. The number of benzene rings is 3. The number of carbonyl (C=O) groups excluding carboxylic acids is 1. The molecule has 0 fully saturated rings. The van der Waals surface area contributed by atoms with Gasteiger partial charge in [0.2, 0.25) is 0 Å². The van der Waals surface area contributed by atoms with Gasteiger partial charge >= 0.3 is 0 Å². The number of anilines is 1. The van der Waals surface area contributed by atoms with Crippen LogP contribution in [0.15, 0.2) is 82.5 Å². The fraction of sp³-hybridized carbons (Fsp3) is 0.192. The molecule has 1 atom stereocenters. The van der Waals surface area contributed by atoms with Gasteiger partial charge in [-0.2, -0.15) is 0 Å². The molecule has 32 heavy (non-hydrogen) atoms. The van der Waals surface area contributed by atoms with Gasteiger partial charge in [-0.3, -0.25) is 14.2 Å². The maximum Gasteiger partial charge on any atom is 0.265 e. The van der Waals surface area contributed by atoms with Gasteiger partial charge in [-0.1, -0.05) is 31.2 Å². The molecule has 1 aromatic heterocycles. The Bertz CT molecular complexity index is 1380. The van der Waals surface area contributed by atoms with Crippen molar-refractivity contribution in [1.82, 2.24) is 9.55 Å². The van der Waals surface area contributed by atoms with E-state index >= 15 is 0 Å². The quantitative estimate of drug-likeness (QED) is 0.428. The van der Waals surface area contributed by atoms with Gasteiger partial charge in [-0.15, -0.1) is 11.8 Å². The molecule has 0 saturated heterocycles. The first kappa shape index (κ1) is 20.5. The zero-order valence-corrected chi connectivity index (χ0v) is 18.8. The Labute approximate surface area is 190 Å². The van der Waals surface area contributed by atoms with E-state index in [-0.39, 0.29) is 11.5 Å². The Kier molecular flexibility index (Phi) is 5.31. The van der Waals surface area contributed by atoms with Gasteiger partial charge in [0.05, 0.1) is 22.3 Å². The van der Waals surface area contributed by atoms with E-state index in [2.05, 4.69) is 18.0 Å². The molecule has 6 heteroatoms. The Hall–Kier alpha value is -3.38. The second-order valence-electron chi connectivity index (χ2n) is 8.01. The molecule has 1 unspecified atom stereocenters. The first-order valence-electron chi connectivity index (χ1n) is 10.7. The van der Waals surface area contributed by atoms with Crippen LogP contribution in [0, 0.1) is 6.92 Å². The average Bonchev–Trinajstić information content (AvgIpc) is 2.97. The van der Waals surface area contributed by atoms with Crippen molar-refractivity contribution in [2.24, 2.45) is 0 Å². The molecule has 0 N–H and O–H groups in total. The number of aryl methyl sites for hydroxylation is 1. The number of fused-ring (bicyclic) bond motifs is 2. The molecule has 3 aromatic carbocycles. The van der Waals surface area contributed by atoms with Crippen molar-refractivity contribution in [3.05, 3.63) is 94.5 Å². The number of nitrogens with zero attached hydrogens (tertiary/aromatic N) is 3. The highest BCUT2D eigenvalue weighted by atomic mass is 32.2. The first-order chi connectivity index (χ1) is 15.5. The van der Waals surface area contributed by atoms with Crippen LogP contribution in [0.4, 0.5) is 5.69 Å². The van der Waals surface area contributed by atoms with Gasteiger partial charge in [0, 0.05) is 22.3 Å². The SMILES string of the molecule is Cc1nc2ccccc2c(=O)n1-c1ccc(C(=O)N2CCC(C)Sc3ccccc32)cc1. The molecule has 0 aliphatic carbocycles. The lowest BCUT2D eigenvalue weighted by Crippen LogP contribution is -2.32. The number of thioether (sulfide) groups is 1. The van der Waals surface area contributed by atoms with Crippen LogP contribution in [-0.2, 0) is 0 Å². The summed E-state index contributed by atoms with van der Waals surface area (Å²) in [6.45, 7) is 4.70. The highest BCUT2D eigenvalue weighted by molar-refractivity contribution is 8.00. The topological polar surface area (TPSA) is 55.2 Å². The molecule has 0 spiro atoms. The Morgan fingerprint density at radius 2 is 1.72 bits per heavy atom. The van der Waals surface area contributed by atoms with Crippen LogP contribution in [0.1, 0.15) is 29.5 Å². The normalized spacial score (nSPS) is 15.9. The van der Waals surface area contributed by atoms with Gasteiger partial charge in [-0.05, 0) is 61.9 Å². The van der Waals surface area contributed by atoms with Gasteiger partial charge in [0.25, 0.3) is 11.5 Å². The predicted molar refractivity (Wildman–Crippen MR) is 130 cm³/mol. The standard InChI is InChI=1S/C26H23N3O2S/c1-17-15-16-28(23-9-5-6-10-24(23)32-17)25(30)19-11-13-20(14-12-19)29-18(2)27-22-8-4-3-7-21(22)26(29)31/h3-14,17H,15-16H2,1-2H3. The van der Waals surface area contributed by atoms with Crippen molar-refractivity contribution in [3.63, 3.8) is 0 Å². The Balaban J connectivity index is 1.50. The maximum atomic E-state index is 13.4. The first-order valence-corrected chi connectivity index (χ1v) is 11.6. The minimum atomic E-state index is -0.111. The van der Waals surface area contributed by atoms with Crippen LogP contribution in [0.3, 0.4) is 0 Å². The molecule has 5 nitrogen and oxygen atoms in total. The van der Waals surface area contributed by atoms with E-state index < -0.39 is 0 Å². The molecule has 5 rings (SSSR count). The van der Waals surface area contributed by atoms with Gasteiger partial charge < -0.3 is 4.90 Å². The van der Waals surface area contributed by atoms with E-state index in [1.807, 2.05) is 72.1 Å². The van der Waals surface area contributed by atoms with E-state index in [9.17, 15) is 9.59 Å². The molecular weight excluding hydrogens is 418 g/mol. The molecule has 160 valence electrons. The van der Waals surface area contributed by atoms with Gasteiger partial charge in [0.1, 0.15) is 5.82 Å². The molecule has 1 aliphatic heterocycles. The number of amides is 1. The molecule has 1 amide bonds. The third kappa shape index (κ3) is 3.60. The van der Waals surface area contributed by atoms with Crippen LogP contribution in [0.2, 0.25) is 0 Å². The molecule has 0 saturated carbocycles. The second kappa shape index (κ2) is 8.28. The van der Waals surface area contributed by atoms with E-state index in [1.165, 1.54) is 0 Å². The average molecular weight is 442 g/mol. The molecule has 4 aromatic rings. The maximum absolute atomic E-state index is 13.4. The second-order valence-corrected chi connectivity index (χ2v) is 9.49. The minimum Gasteiger partial charge on any atom is -0.307 e. The molecular formula is C26H23N3O2S. The number of hydrogen-bond donors (Lipinski definition) is 0. The molecule has 2 heterocycles. The number of rotatable bonds is 2. The summed E-state index contributed by atoms with van der Waals surface area (Å²) in [6, 6.07) is 22.6. The summed E-state index contributed by atoms with van der Waals surface area (Å²) in [6.07, 6.45) is 0.931. The van der Waals surface area contributed by atoms with Crippen LogP contribution < -0.4 is 10.5 Å². The zero-order chi connectivity index (χ0) is 22.2. The van der Waals surface area contributed by atoms with Gasteiger partial charge in [-0.25, -0.2) is 4.98 Å². The highest BCUT2D eigenvalue weighted by Crippen LogP contribution is 2.37. The van der Waals surface area contributed by atoms with E-state index in [0.29, 0.717) is 39.8 Å². The lowest BCUT2D eigenvalue weighted by atomic mass is 10.1. The summed E-state index contributed by atoms with van der Waals surface area (Å²) in [5.41, 5.74) is 2.83. The molecule has 0 bridgehead atoms. The van der Waals surface area contributed by atoms with Crippen LogP contribution in [0.25, 0.3) is 16.6 Å². The summed E-state index contributed by atoms with van der Waals surface area (Å²) >= 11 is 1.81. The fourth-order valence-corrected chi connectivity index (χ4v) is 5.27. The lowest BCUT2D eigenvalue weighted by Gasteiger charge is -2.22. The van der Waals surface area contributed by atoms with Crippen molar-refractivity contribution in [1.29, 1.82) is 0 Å².